The number of para-hydroxylation sites is 3. The van der Waals surface area contributed by atoms with Crippen LogP contribution in [0.15, 0.2) is 54.6 Å². The maximum Gasteiger partial charge on any atom is 0.491 e. The molecule has 2 nitrogen and oxygen atoms in total. The fourth-order valence-electron chi connectivity index (χ4n) is 1.76. The highest BCUT2D eigenvalue weighted by molar-refractivity contribution is 5.60. The van der Waals surface area contributed by atoms with Crippen molar-refractivity contribution >= 4 is 5.69 Å². The minimum Gasteiger partial charge on any atom is -0.455 e. The molecule has 0 saturated heterocycles. The van der Waals surface area contributed by atoms with Crippen molar-refractivity contribution in [3.63, 3.8) is 0 Å². The predicted molar refractivity (Wildman–Crippen MR) is 67.5 cm³/mol. The zero-order chi connectivity index (χ0) is 16.4. The molecule has 2 aromatic rings. The number of rotatable bonds is 3. The molecule has 118 valence electrons. The zero-order valence-electron chi connectivity index (χ0n) is 10.8. The number of hydrogen-bond donors (Lipinski definition) is 0. The smallest absolute Gasteiger partial charge is 0.455 e. The molecular weight excluding hydrogens is 312 g/mol. The molecule has 0 amide bonds. The monoisotopic (exact) mass is 321 g/mol. The van der Waals surface area contributed by atoms with Crippen molar-refractivity contribution in [2.45, 2.75) is 12.6 Å². The molecule has 0 unspecified atom stereocenters. The van der Waals surface area contributed by atoms with Crippen molar-refractivity contribution in [2.24, 2.45) is 0 Å². The van der Waals surface area contributed by atoms with Crippen molar-refractivity contribution in [2.75, 3.05) is 4.90 Å². The molecule has 0 spiro atoms. The van der Waals surface area contributed by atoms with Gasteiger partial charge in [-0.1, -0.05) is 30.3 Å². The van der Waals surface area contributed by atoms with Crippen molar-refractivity contribution in [3.8, 4) is 11.5 Å². The Morgan fingerprint density at radius 3 is 1.73 bits per heavy atom. The van der Waals surface area contributed by atoms with E-state index in [1.54, 1.807) is 18.2 Å². The topological polar surface area (TPSA) is 12.5 Å². The predicted octanol–water partition coefficient (Wildman–Crippen LogP) is 5.32. The molecule has 22 heavy (non-hydrogen) atoms. The van der Waals surface area contributed by atoms with E-state index in [9.17, 15) is 26.3 Å². The second-order valence-electron chi connectivity index (χ2n) is 4.15. The average Bonchev–Trinajstić information content (AvgIpc) is 2.39. The average molecular weight is 321 g/mol. The number of alkyl halides is 6. The number of anilines is 1. The normalized spacial score (nSPS) is 12.1. The molecule has 0 aliphatic carbocycles. The third-order valence-corrected chi connectivity index (χ3v) is 2.58. The summed E-state index contributed by atoms with van der Waals surface area (Å²) in [5.41, 5.74) is -1.13. The molecular formula is C14H9F6NO. The van der Waals surface area contributed by atoms with Crippen LogP contribution in [-0.2, 0) is 0 Å². The van der Waals surface area contributed by atoms with Gasteiger partial charge in [0.2, 0.25) is 0 Å². The minimum atomic E-state index is -5.63. The van der Waals surface area contributed by atoms with E-state index >= 15 is 0 Å². The minimum absolute atomic E-state index is 0.124. The number of benzene rings is 2. The van der Waals surface area contributed by atoms with Crippen LogP contribution in [0.1, 0.15) is 0 Å². The highest BCUT2D eigenvalue weighted by atomic mass is 19.4. The summed E-state index contributed by atoms with van der Waals surface area (Å²) < 4.78 is 81.8. The first kappa shape index (κ1) is 16.0. The van der Waals surface area contributed by atoms with E-state index in [0.29, 0.717) is 6.07 Å². The Balaban J connectivity index is 2.46. The molecule has 0 aliphatic rings. The Morgan fingerprint density at radius 1 is 0.682 bits per heavy atom. The van der Waals surface area contributed by atoms with Gasteiger partial charge in [-0.2, -0.15) is 4.90 Å². The molecule has 0 atom stereocenters. The lowest BCUT2D eigenvalue weighted by molar-refractivity contribution is -0.227. The Kier molecular flexibility index (Phi) is 4.20. The van der Waals surface area contributed by atoms with E-state index in [1.165, 1.54) is 18.2 Å². The van der Waals surface area contributed by atoms with E-state index in [4.69, 9.17) is 4.74 Å². The van der Waals surface area contributed by atoms with Gasteiger partial charge >= 0.3 is 12.6 Å². The molecule has 0 aromatic heterocycles. The Labute approximate surface area is 121 Å². The molecule has 0 N–H and O–H groups in total. The summed E-state index contributed by atoms with van der Waals surface area (Å²) in [4.78, 5) is -1.59. The van der Waals surface area contributed by atoms with Gasteiger partial charge in [-0.05, 0) is 24.3 Å². The second-order valence-corrected chi connectivity index (χ2v) is 4.15. The zero-order valence-corrected chi connectivity index (χ0v) is 10.8. The summed E-state index contributed by atoms with van der Waals surface area (Å²) in [6.07, 6.45) is -11.3. The van der Waals surface area contributed by atoms with Crippen LogP contribution >= 0.6 is 0 Å². The molecule has 0 bridgehead atoms. The first-order valence-electron chi connectivity index (χ1n) is 5.95. The Bertz CT molecular complexity index is 609. The van der Waals surface area contributed by atoms with Gasteiger partial charge in [0.15, 0.2) is 5.75 Å². The lowest BCUT2D eigenvalue weighted by Gasteiger charge is -2.29. The lowest BCUT2D eigenvalue weighted by atomic mass is 10.2. The highest BCUT2D eigenvalue weighted by Crippen LogP contribution is 2.43. The van der Waals surface area contributed by atoms with Crippen LogP contribution in [0.4, 0.5) is 32.0 Å². The van der Waals surface area contributed by atoms with Gasteiger partial charge in [-0.3, -0.25) is 0 Å². The van der Waals surface area contributed by atoms with Gasteiger partial charge in [0.05, 0.1) is 5.69 Å². The van der Waals surface area contributed by atoms with Gasteiger partial charge < -0.3 is 4.74 Å². The third kappa shape index (κ3) is 3.63. The molecule has 0 heterocycles. The molecule has 0 fully saturated rings. The lowest BCUT2D eigenvalue weighted by Crippen LogP contribution is -2.48. The standard InChI is InChI=1S/C14H9F6NO/c15-13(16,17)21(14(18,19)20)11-8-4-5-9-12(11)22-10-6-2-1-3-7-10/h1-9H. The summed E-state index contributed by atoms with van der Waals surface area (Å²) in [5, 5.41) is 0. The third-order valence-electron chi connectivity index (χ3n) is 2.58. The Morgan fingerprint density at radius 2 is 1.18 bits per heavy atom. The summed E-state index contributed by atoms with van der Waals surface area (Å²) in [6.45, 7) is 0. The molecule has 2 aromatic carbocycles. The van der Waals surface area contributed by atoms with Crippen LogP contribution in [0.5, 0.6) is 11.5 Å². The van der Waals surface area contributed by atoms with Crippen LogP contribution in [-0.4, -0.2) is 12.6 Å². The molecule has 2 rings (SSSR count). The van der Waals surface area contributed by atoms with E-state index in [1.807, 2.05) is 0 Å². The van der Waals surface area contributed by atoms with Crippen molar-refractivity contribution in [1.82, 2.24) is 0 Å². The van der Waals surface area contributed by atoms with Crippen molar-refractivity contribution in [1.29, 1.82) is 0 Å². The number of ether oxygens (including phenoxy) is 1. The van der Waals surface area contributed by atoms with E-state index in [0.717, 1.165) is 12.1 Å². The van der Waals surface area contributed by atoms with Crippen LogP contribution in [0.25, 0.3) is 0 Å². The van der Waals surface area contributed by atoms with Gasteiger partial charge in [0.25, 0.3) is 0 Å². The van der Waals surface area contributed by atoms with Gasteiger partial charge in [0.1, 0.15) is 5.75 Å². The first-order chi connectivity index (χ1) is 10.2. The quantitative estimate of drug-likeness (QED) is 0.560. The SMILES string of the molecule is FC(F)(F)N(c1ccccc1Oc1ccccc1)C(F)(F)F. The van der Waals surface area contributed by atoms with E-state index in [-0.39, 0.29) is 5.75 Å². The molecule has 0 saturated carbocycles. The largest absolute Gasteiger partial charge is 0.491 e. The van der Waals surface area contributed by atoms with Gasteiger partial charge in [-0.25, -0.2) is 0 Å². The van der Waals surface area contributed by atoms with Crippen LogP contribution < -0.4 is 9.64 Å². The van der Waals surface area contributed by atoms with Crippen molar-refractivity contribution < 1.29 is 31.1 Å². The summed E-state index contributed by atoms with van der Waals surface area (Å²) >= 11 is 0. The van der Waals surface area contributed by atoms with Crippen molar-refractivity contribution in [3.05, 3.63) is 54.6 Å². The van der Waals surface area contributed by atoms with Gasteiger partial charge in [0, 0.05) is 0 Å². The first-order valence-corrected chi connectivity index (χ1v) is 5.95. The maximum absolute atomic E-state index is 12.8. The van der Waals surface area contributed by atoms with E-state index < -0.39 is 28.9 Å². The highest BCUT2D eigenvalue weighted by Gasteiger charge is 2.54. The maximum atomic E-state index is 12.8. The second kappa shape index (κ2) is 5.78. The van der Waals surface area contributed by atoms with Crippen LogP contribution in [0.3, 0.4) is 0 Å². The fraction of sp³-hybridized carbons (Fsp3) is 0.143. The fourth-order valence-corrected chi connectivity index (χ4v) is 1.76. The molecule has 8 heteroatoms. The van der Waals surface area contributed by atoms with Crippen LogP contribution in [0, 0.1) is 0 Å². The summed E-state index contributed by atoms with van der Waals surface area (Å²) in [7, 11) is 0. The number of halogens is 6. The molecule has 0 aliphatic heterocycles. The van der Waals surface area contributed by atoms with Crippen LogP contribution in [0.2, 0.25) is 0 Å². The van der Waals surface area contributed by atoms with Gasteiger partial charge in [-0.15, -0.1) is 26.3 Å². The number of hydrogen-bond acceptors (Lipinski definition) is 2. The Hall–Kier alpha value is -2.38. The summed E-state index contributed by atoms with van der Waals surface area (Å²) in [6, 6.07) is 11.6. The number of nitrogens with zero attached hydrogens (tertiary/aromatic N) is 1. The van der Waals surface area contributed by atoms with E-state index in [2.05, 4.69) is 0 Å². The molecule has 0 radical (unpaired) electrons. The summed E-state index contributed by atoms with van der Waals surface area (Å²) in [5.74, 6) is -0.428.